The molecule has 2 fully saturated rings. The van der Waals surface area contributed by atoms with Crippen molar-refractivity contribution in [3.05, 3.63) is 0 Å². The zero-order valence-corrected chi connectivity index (χ0v) is 11.2. The Bertz CT molecular complexity index is 247. The maximum absolute atomic E-state index is 11.7. The molecule has 0 radical (unpaired) electrons. The van der Waals surface area contributed by atoms with Crippen LogP contribution in [0.3, 0.4) is 0 Å². The molecular weight excluding hydrogens is 270 g/mol. The Morgan fingerprint density at radius 1 is 1.44 bits per heavy atom. The number of ether oxygens (including phenoxy) is 1. The van der Waals surface area contributed by atoms with Gasteiger partial charge in [-0.1, -0.05) is 15.9 Å². The standard InChI is InChI=1S/C12H20BrNO2/c13-9-12(6-7-12)14-11(15)5-4-10-3-1-2-8-16-10/h10H,1-9H2,(H,14,15). The third kappa shape index (κ3) is 3.45. The number of halogens is 1. The first-order chi connectivity index (χ1) is 7.74. The van der Waals surface area contributed by atoms with Gasteiger partial charge in [0, 0.05) is 23.9 Å². The summed E-state index contributed by atoms with van der Waals surface area (Å²) < 4.78 is 5.61. The highest BCUT2D eigenvalue weighted by molar-refractivity contribution is 9.09. The first-order valence-electron chi connectivity index (χ1n) is 6.23. The van der Waals surface area contributed by atoms with Crippen molar-refractivity contribution in [2.45, 2.75) is 56.6 Å². The first kappa shape index (κ1) is 12.4. The first-order valence-corrected chi connectivity index (χ1v) is 7.35. The Kier molecular flexibility index (Phi) is 4.25. The number of nitrogens with one attached hydrogen (secondary N) is 1. The van der Waals surface area contributed by atoms with Crippen LogP contribution in [0, 0.1) is 0 Å². The number of hydrogen-bond acceptors (Lipinski definition) is 2. The summed E-state index contributed by atoms with van der Waals surface area (Å²) in [4.78, 5) is 11.7. The second-order valence-corrected chi connectivity index (χ2v) is 5.55. The van der Waals surface area contributed by atoms with E-state index in [0.717, 1.165) is 37.6 Å². The van der Waals surface area contributed by atoms with Crippen LogP contribution < -0.4 is 5.32 Å². The van der Waals surface area contributed by atoms with Gasteiger partial charge in [0.1, 0.15) is 0 Å². The number of carbonyl (C=O) groups is 1. The minimum Gasteiger partial charge on any atom is -0.378 e. The largest absolute Gasteiger partial charge is 0.378 e. The molecule has 92 valence electrons. The van der Waals surface area contributed by atoms with E-state index in [1.807, 2.05) is 0 Å². The highest BCUT2D eigenvalue weighted by atomic mass is 79.9. The van der Waals surface area contributed by atoms with Crippen molar-refractivity contribution in [3.8, 4) is 0 Å². The molecule has 1 aliphatic heterocycles. The minimum atomic E-state index is 0.0878. The highest BCUT2D eigenvalue weighted by Gasteiger charge is 2.42. The number of rotatable bonds is 5. The summed E-state index contributed by atoms with van der Waals surface area (Å²) in [6, 6.07) is 0. The summed E-state index contributed by atoms with van der Waals surface area (Å²) >= 11 is 3.45. The summed E-state index contributed by atoms with van der Waals surface area (Å²) in [6.45, 7) is 0.873. The Hall–Kier alpha value is -0.0900. The molecule has 4 heteroatoms. The predicted octanol–water partition coefficient (Wildman–Crippen LogP) is 2.38. The van der Waals surface area contributed by atoms with Crippen molar-refractivity contribution in [2.24, 2.45) is 0 Å². The molecule has 1 aliphatic carbocycles. The molecule has 2 aliphatic rings. The molecule has 0 spiro atoms. The van der Waals surface area contributed by atoms with E-state index in [-0.39, 0.29) is 11.4 Å². The molecule has 3 nitrogen and oxygen atoms in total. The number of amides is 1. The number of hydrogen-bond donors (Lipinski definition) is 1. The van der Waals surface area contributed by atoms with Gasteiger partial charge in [-0.15, -0.1) is 0 Å². The molecule has 0 bridgehead atoms. The Morgan fingerprint density at radius 3 is 2.81 bits per heavy atom. The second kappa shape index (κ2) is 5.50. The summed E-state index contributed by atoms with van der Waals surface area (Å²) in [5, 5.41) is 4.00. The quantitative estimate of drug-likeness (QED) is 0.789. The van der Waals surface area contributed by atoms with Gasteiger partial charge in [0.25, 0.3) is 0 Å². The van der Waals surface area contributed by atoms with Crippen LogP contribution in [0.15, 0.2) is 0 Å². The van der Waals surface area contributed by atoms with Gasteiger partial charge in [-0.2, -0.15) is 0 Å². The molecule has 16 heavy (non-hydrogen) atoms. The summed E-state index contributed by atoms with van der Waals surface area (Å²) in [5.41, 5.74) is 0.0878. The highest BCUT2D eigenvalue weighted by Crippen LogP contribution is 2.37. The zero-order chi connectivity index (χ0) is 11.4. The van der Waals surface area contributed by atoms with Crippen molar-refractivity contribution in [2.75, 3.05) is 11.9 Å². The minimum absolute atomic E-state index is 0.0878. The molecule has 1 saturated carbocycles. The van der Waals surface area contributed by atoms with Crippen molar-refractivity contribution in [1.29, 1.82) is 0 Å². The molecule has 2 rings (SSSR count). The van der Waals surface area contributed by atoms with Crippen LogP contribution in [-0.4, -0.2) is 29.5 Å². The molecule has 1 atom stereocenters. The van der Waals surface area contributed by atoms with E-state index in [2.05, 4.69) is 21.2 Å². The van der Waals surface area contributed by atoms with Crippen LogP contribution >= 0.6 is 15.9 Å². The average molecular weight is 290 g/mol. The molecule has 1 unspecified atom stereocenters. The SMILES string of the molecule is O=C(CCC1CCCCO1)NC1(CBr)CC1. The third-order valence-electron chi connectivity index (χ3n) is 3.48. The molecule has 0 aromatic carbocycles. The van der Waals surface area contributed by atoms with Crippen LogP contribution in [0.4, 0.5) is 0 Å². The molecule has 1 saturated heterocycles. The Morgan fingerprint density at radius 2 is 2.25 bits per heavy atom. The van der Waals surface area contributed by atoms with Crippen molar-refractivity contribution in [3.63, 3.8) is 0 Å². The lowest BCUT2D eigenvalue weighted by atomic mass is 10.0. The monoisotopic (exact) mass is 289 g/mol. The van der Waals surface area contributed by atoms with Crippen LogP contribution in [0.1, 0.15) is 44.9 Å². The third-order valence-corrected chi connectivity index (χ3v) is 4.55. The van der Waals surface area contributed by atoms with Crippen LogP contribution in [0.25, 0.3) is 0 Å². The fourth-order valence-electron chi connectivity index (χ4n) is 2.13. The summed E-state index contributed by atoms with van der Waals surface area (Å²) in [6.07, 6.45) is 7.58. The van der Waals surface area contributed by atoms with Gasteiger partial charge in [0.05, 0.1) is 6.10 Å². The van der Waals surface area contributed by atoms with Gasteiger partial charge in [0.2, 0.25) is 5.91 Å². The van der Waals surface area contributed by atoms with Gasteiger partial charge in [-0.05, 0) is 38.5 Å². The lowest BCUT2D eigenvalue weighted by molar-refractivity contribution is -0.122. The fourth-order valence-corrected chi connectivity index (χ4v) is 2.83. The van der Waals surface area contributed by atoms with Gasteiger partial charge in [0.15, 0.2) is 0 Å². The van der Waals surface area contributed by atoms with E-state index in [4.69, 9.17) is 4.74 Å². The van der Waals surface area contributed by atoms with E-state index < -0.39 is 0 Å². The van der Waals surface area contributed by atoms with E-state index in [1.54, 1.807) is 0 Å². The topological polar surface area (TPSA) is 38.3 Å². The maximum atomic E-state index is 11.7. The normalized spacial score (nSPS) is 27.4. The van der Waals surface area contributed by atoms with Gasteiger partial charge >= 0.3 is 0 Å². The molecule has 0 aromatic rings. The maximum Gasteiger partial charge on any atom is 0.220 e. The van der Waals surface area contributed by atoms with Crippen LogP contribution in [0.2, 0.25) is 0 Å². The zero-order valence-electron chi connectivity index (χ0n) is 9.64. The van der Waals surface area contributed by atoms with Crippen molar-refractivity contribution < 1.29 is 9.53 Å². The van der Waals surface area contributed by atoms with Gasteiger partial charge in [-0.25, -0.2) is 0 Å². The van der Waals surface area contributed by atoms with Crippen LogP contribution in [0.5, 0.6) is 0 Å². The second-order valence-electron chi connectivity index (χ2n) is 4.99. The average Bonchev–Trinajstić information content (AvgIpc) is 3.08. The van der Waals surface area contributed by atoms with Crippen molar-refractivity contribution in [1.82, 2.24) is 5.32 Å². The summed E-state index contributed by atoms with van der Waals surface area (Å²) in [5.74, 6) is 0.186. The number of carbonyl (C=O) groups excluding carboxylic acids is 1. The van der Waals surface area contributed by atoms with E-state index >= 15 is 0 Å². The molecule has 0 aromatic heterocycles. The molecule has 1 heterocycles. The number of alkyl halides is 1. The van der Waals surface area contributed by atoms with Crippen molar-refractivity contribution >= 4 is 21.8 Å². The molecule has 1 N–H and O–H groups in total. The lowest BCUT2D eigenvalue weighted by Gasteiger charge is -2.22. The van der Waals surface area contributed by atoms with E-state index in [1.165, 1.54) is 12.8 Å². The van der Waals surface area contributed by atoms with Gasteiger partial charge < -0.3 is 10.1 Å². The van der Waals surface area contributed by atoms with E-state index in [0.29, 0.717) is 12.5 Å². The summed E-state index contributed by atoms with van der Waals surface area (Å²) in [7, 11) is 0. The smallest absolute Gasteiger partial charge is 0.220 e. The lowest BCUT2D eigenvalue weighted by Crippen LogP contribution is -2.38. The fraction of sp³-hybridized carbons (Fsp3) is 0.917. The van der Waals surface area contributed by atoms with Crippen LogP contribution in [-0.2, 0) is 9.53 Å². The molecular formula is C12H20BrNO2. The molecule has 1 amide bonds. The van der Waals surface area contributed by atoms with E-state index in [9.17, 15) is 4.79 Å². The Labute approximate surface area is 105 Å². The predicted molar refractivity (Wildman–Crippen MR) is 66.7 cm³/mol. The van der Waals surface area contributed by atoms with Gasteiger partial charge in [-0.3, -0.25) is 4.79 Å². The Balaban J connectivity index is 1.63.